The normalized spacial score (nSPS) is 16.3. The molecule has 2 aromatic heterocycles. The van der Waals surface area contributed by atoms with Gasteiger partial charge < -0.3 is 19.2 Å². The summed E-state index contributed by atoms with van der Waals surface area (Å²) < 4.78 is 16.3. The van der Waals surface area contributed by atoms with Gasteiger partial charge in [-0.05, 0) is 42.8 Å². The summed E-state index contributed by atoms with van der Waals surface area (Å²) in [7, 11) is 4.83. The van der Waals surface area contributed by atoms with Crippen LogP contribution in [-0.2, 0) is 6.54 Å². The molecule has 1 fully saturated rings. The molecule has 1 atom stereocenters. The molecule has 8 nitrogen and oxygen atoms in total. The summed E-state index contributed by atoms with van der Waals surface area (Å²) in [5.74, 6) is 2.75. The Morgan fingerprint density at radius 3 is 2.55 bits per heavy atom. The third kappa shape index (κ3) is 4.54. The van der Waals surface area contributed by atoms with E-state index in [9.17, 15) is 4.79 Å². The summed E-state index contributed by atoms with van der Waals surface area (Å²) in [4.78, 5) is 26.4. The summed E-state index contributed by atoms with van der Waals surface area (Å²) in [6, 6.07) is 9.20. The van der Waals surface area contributed by atoms with Gasteiger partial charge in [0.05, 0.1) is 27.0 Å². The molecule has 3 aromatic rings. The molecule has 31 heavy (non-hydrogen) atoms. The average molecular weight is 422 g/mol. The van der Waals surface area contributed by atoms with Crippen LogP contribution in [0.1, 0.15) is 23.7 Å². The minimum atomic E-state index is -0.146. The number of methoxy groups -OCH3 is 3. The zero-order chi connectivity index (χ0) is 21.8. The highest BCUT2D eigenvalue weighted by molar-refractivity contribution is 5.57. The monoisotopic (exact) mass is 422 g/mol. The largest absolute Gasteiger partial charge is 0.493 e. The van der Waals surface area contributed by atoms with Gasteiger partial charge in [-0.1, -0.05) is 0 Å². The van der Waals surface area contributed by atoms with Crippen LogP contribution in [-0.4, -0.2) is 54.3 Å². The highest BCUT2D eigenvalue weighted by Gasteiger charge is 2.27. The van der Waals surface area contributed by atoms with E-state index in [2.05, 4.69) is 14.9 Å². The van der Waals surface area contributed by atoms with Crippen molar-refractivity contribution in [2.45, 2.75) is 18.9 Å². The Labute approximate surface area is 180 Å². The lowest BCUT2D eigenvalue weighted by molar-refractivity contribution is 0.312. The van der Waals surface area contributed by atoms with Crippen LogP contribution in [0.2, 0.25) is 0 Å². The standard InChI is InChI=1S/C23H26N4O4/c1-29-19-9-15(10-20(30-2)22(19)31-3)13-27-8-6-17(14-27)23-25-18(11-21(28)26-23)16-5-4-7-24-12-16/h4-5,7,9-12,17H,6,8,13-14H2,1-3H3,(H,25,26,28)/t17-/m1/s1. The third-order valence-corrected chi connectivity index (χ3v) is 5.51. The van der Waals surface area contributed by atoms with Crippen molar-refractivity contribution in [1.82, 2.24) is 19.9 Å². The Balaban J connectivity index is 1.52. The molecule has 0 spiro atoms. The van der Waals surface area contributed by atoms with Crippen LogP contribution < -0.4 is 19.8 Å². The second kappa shape index (κ2) is 9.18. The van der Waals surface area contributed by atoms with E-state index >= 15 is 0 Å². The number of benzene rings is 1. The molecule has 0 unspecified atom stereocenters. The van der Waals surface area contributed by atoms with Crippen LogP contribution >= 0.6 is 0 Å². The van der Waals surface area contributed by atoms with Crippen molar-refractivity contribution in [2.24, 2.45) is 0 Å². The summed E-state index contributed by atoms with van der Waals surface area (Å²) in [6.07, 6.45) is 4.34. The average Bonchev–Trinajstić information content (AvgIpc) is 3.27. The van der Waals surface area contributed by atoms with Gasteiger partial charge in [-0.2, -0.15) is 0 Å². The SMILES string of the molecule is COc1cc(CN2CC[C@@H](c3nc(-c4cccnc4)cc(=O)[nH]3)C2)cc(OC)c1OC. The fourth-order valence-corrected chi connectivity index (χ4v) is 4.02. The van der Waals surface area contributed by atoms with E-state index in [-0.39, 0.29) is 11.5 Å². The molecule has 3 heterocycles. The first-order chi connectivity index (χ1) is 15.1. The van der Waals surface area contributed by atoms with E-state index in [1.807, 2.05) is 24.3 Å². The van der Waals surface area contributed by atoms with Gasteiger partial charge in [-0.15, -0.1) is 0 Å². The summed E-state index contributed by atoms with van der Waals surface area (Å²) in [5, 5.41) is 0. The van der Waals surface area contributed by atoms with Crippen molar-refractivity contribution in [1.29, 1.82) is 0 Å². The number of H-pyrrole nitrogens is 1. The summed E-state index contributed by atoms with van der Waals surface area (Å²) in [6.45, 7) is 2.44. The summed E-state index contributed by atoms with van der Waals surface area (Å²) in [5.41, 5.74) is 2.41. The van der Waals surface area contributed by atoms with Crippen LogP contribution in [0.4, 0.5) is 0 Å². The Bertz CT molecular complexity index is 1080. The lowest BCUT2D eigenvalue weighted by Gasteiger charge is -2.19. The zero-order valence-corrected chi connectivity index (χ0v) is 17.9. The second-order valence-corrected chi connectivity index (χ2v) is 7.51. The van der Waals surface area contributed by atoms with E-state index < -0.39 is 0 Å². The lowest BCUT2D eigenvalue weighted by Crippen LogP contribution is -2.21. The molecular formula is C23H26N4O4. The highest BCUT2D eigenvalue weighted by Crippen LogP contribution is 2.39. The maximum absolute atomic E-state index is 12.2. The summed E-state index contributed by atoms with van der Waals surface area (Å²) >= 11 is 0. The molecule has 0 amide bonds. The highest BCUT2D eigenvalue weighted by atomic mass is 16.5. The maximum Gasteiger partial charge on any atom is 0.251 e. The number of likely N-dealkylation sites (tertiary alicyclic amines) is 1. The van der Waals surface area contributed by atoms with E-state index in [1.165, 1.54) is 6.07 Å². The fraction of sp³-hybridized carbons (Fsp3) is 0.348. The number of aromatic nitrogens is 3. The van der Waals surface area contributed by atoms with Gasteiger partial charge in [0, 0.05) is 43.0 Å². The first-order valence-electron chi connectivity index (χ1n) is 10.1. The Hall–Kier alpha value is -3.39. The second-order valence-electron chi connectivity index (χ2n) is 7.51. The number of nitrogens with zero attached hydrogens (tertiary/aromatic N) is 3. The minimum absolute atomic E-state index is 0.146. The Morgan fingerprint density at radius 2 is 1.90 bits per heavy atom. The van der Waals surface area contributed by atoms with Crippen LogP contribution in [0, 0.1) is 0 Å². The molecule has 1 aliphatic heterocycles. The molecule has 8 heteroatoms. The van der Waals surface area contributed by atoms with Crippen LogP contribution in [0.15, 0.2) is 47.5 Å². The van der Waals surface area contributed by atoms with Crippen LogP contribution in [0.5, 0.6) is 17.2 Å². The number of hydrogen-bond acceptors (Lipinski definition) is 7. The fourth-order valence-electron chi connectivity index (χ4n) is 4.02. The molecule has 1 saturated heterocycles. The lowest BCUT2D eigenvalue weighted by atomic mass is 10.1. The van der Waals surface area contributed by atoms with Gasteiger partial charge in [0.1, 0.15) is 5.82 Å². The predicted octanol–water partition coefficient (Wildman–Crippen LogP) is 2.85. The number of hydrogen-bond donors (Lipinski definition) is 1. The van der Waals surface area contributed by atoms with Crippen molar-refractivity contribution >= 4 is 0 Å². The van der Waals surface area contributed by atoms with Gasteiger partial charge in [-0.3, -0.25) is 14.7 Å². The zero-order valence-electron chi connectivity index (χ0n) is 17.9. The maximum atomic E-state index is 12.2. The Morgan fingerprint density at radius 1 is 1.13 bits per heavy atom. The van der Waals surface area contributed by atoms with Crippen LogP contribution in [0.3, 0.4) is 0 Å². The minimum Gasteiger partial charge on any atom is -0.493 e. The molecule has 1 N–H and O–H groups in total. The predicted molar refractivity (Wildman–Crippen MR) is 117 cm³/mol. The number of rotatable bonds is 7. The van der Waals surface area contributed by atoms with Crippen molar-refractivity contribution in [2.75, 3.05) is 34.4 Å². The van der Waals surface area contributed by atoms with Crippen molar-refractivity contribution in [3.8, 4) is 28.5 Å². The molecule has 1 aliphatic rings. The van der Waals surface area contributed by atoms with Crippen molar-refractivity contribution < 1.29 is 14.2 Å². The number of nitrogens with one attached hydrogen (secondary N) is 1. The van der Waals surface area contributed by atoms with E-state index in [1.54, 1.807) is 33.7 Å². The smallest absolute Gasteiger partial charge is 0.251 e. The molecule has 0 saturated carbocycles. The van der Waals surface area contributed by atoms with Crippen LogP contribution in [0.25, 0.3) is 11.3 Å². The first kappa shape index (κ1) is 20.9. The van der Waals surface area contributed by atoms with Gasteiger partial charge in [0.15, 0.2) is 11.5 Å². The van der Waals surface area contributed by atoms with E-state index in [0.29, 0.717) is 22.9 Å². The third-order valence-electron chi connectivity index (χ3n) is 5.51. The first-order valence-corrected chi connectivity index (χ1v) is 10.1. The number of aromatic amines is 1. The molecular weight excluding hydrogens is 396 g/mol. The quantitative estimate of drug-likeness (QED) is 0.626. The van der Waals surface area contributed by atoms with E-state index in [4.69, 9.17) is 19.2 Å². The molecule has 162 valence electrons. The number of pyridine rings is 1. The number of ether oxygens (including phenoxy) is 3. The molecule has 1 aromatic carbocycles. The van der Waals surface area contributed by atoms with Crippen molar-refractivity contribution in [3.05, 3.63) is 64.5 Å². The molecule has 0 bridgehead atoms. The van der Waals surface area contributed by atoms with Gasteiger partial charge >= 0.3 is 0 Å². The molecule has 0 radical (unpaired) electrons. The van der Waals surface area contributed by atoms with Gasteiger partial charge in [-0.25, -0.2) is 4.98 Å². The van der Waals surface area contributed by atoms with Gasteiger partial charge in [0.25, 0.3) is 5.56 Å². The van der Waals surface area contributed by atoms with Gasteiger partial charge in [0.2, 0.25) is 5.75 Å². The molecule has 0 aliphatic carbocycles. The van der Waals surface area contributed by atoms with Crippen molar-refractivity contribution in [3.63, 3.8) is 0 Å². The Kier molecular flexibility index (Phi) is 6.18. The van der Waals surface area contributed by atoms with E-state index in [0.717, 1.165) is 43.0 Å². The topological polar surface area (TPSA) is 89.6 Å². The molecule has 4 rings (SSSR count).